The van der Waals surface area contributed by atoms with Crippen LogP contribution in [0.1, 0.15) is 58.8 Å². The Labute approximate surface area is 122 Å². The molecule has 0 saturated carbocycles. The maximum atomic E-state index is 12.2. The first-order valence-corrected chi connectivity index (χ1v) is 7.55. The van der Waals surface area contributed by atoms with E-state index in [0.29, 0.717) is 12.1 Å². The van der Waals surface area contributed by atoms with Crippen molar-refractivity contribution in [3.8, 4) is 0 Å². The monoisotopic (exact) mass is 275 g/mol. The van der Waals surface area contributed by atoms with Crippen molar-refractivity contribution in [2.75, 3.05) is 4.90 Å². The van der Waals surface area contributed by atoms with Crippen molar-refractivity contribution in [3.05, 3.63) is 30.3 Å². The van der Waals surface area contributed by atoms with E-state index in [1.54, 1.807) is 12.1 Å². The fourth-order valence-corrected chi connectivity index (χ4v) is 2.25. The minimum absolute atomic E-state index is 0.0980. The van der Waals surface area contributed by atoms with Crippen molar-refractivity contribution in [1.82, 2.24) is 0 Å². The number of nitrogens with zero attached hydrogens (tertiary/aromatic N) is 1. The number of rotatable bonds is 8. The van der Waals surface area contributed by atoms with Gasteiger partial charge in [0.05, 0.1) is 5.69 Å². The van der Waals surface area contributed by atoms with Crippen LogP contribution in [0.5, 0.6) is 0 Å². The molecular formula is C17H25NO2. The lowest BCUT2D eigenvalue weighted by Crippen LogP contribution is -2.34. The summed E-state index contributed by atoms with van der Waals surface area (Å²) in [7, 11) is 0. The van der Waals surface area contributed by atoms with Gasteiger partial charge in [0.1, 0.15) is 0 Å². The van der Waals surface area contributed by atoms with Gasteiger partial charge in [0.2, 0.25) is 11.8 Å². The zero-order valence-corrected chi connectivity index (χ0v) is 12.6. The molecule has 0 unspecified atom stereocenters. The van der Waals surface area contributed by atoms with Crippen molar-refractivity contribution in [2.45, 2.75) is 58.8 Å². The Morgan fingerprint density at radius 1 is 0.950 bits per heavy atom. The van der Waals surface area contributed by atoms with E-state index in [9.17, 15) is 9.59 Å². The second-order valence-electron chi connectivity index (χ2n) is 5.10. The maximum Gasteiger partial charge on any atom is 0.233 e. The molecule has 0 aliphatic heterocycles. The van der Waals surface area contributed by atoms with E-state index in [1.807, 2.05) is 18.2 Å². The Morgan fingerprint density at radius 2 is 1.55 bits per heavy atom. The van der Waals surface area contributed by atoms with Gasteiger partial charge in [-0.2, -0.15) is 0 Å². The fraction of sp³-hybridized carbons (Fsp3) is 0.529. The van der Waals surface area contributed by atoms with Gasteiger partial charge in [0.15, 0.2) is 0 Å². The van der Waals surface area contributed by atoms with Gasteiger partial charge in [-0.1, -0.05) is 57.2 Å². The van der Waals surface area contributed by atoms with E-state index in [1.165, 1.54) is 37.5 Å². The highest BCUT2D eigenvalue weighted by Crippen LogP contribution is 2.16. The van der Waals surface area contributed by atoms with Gasteiger partial charge in [-0.25, -0.2) is 0 Å². The zero-order chi connectivity index (χ0) is 14.8. The molecule has 0 saturated heterocycles. The van der Waals surface area contributed by atoms with E-state index in [4.69, 9.17) is 0 Å². The van der Waals surface area contributed by atoms with Crippen LogP contribution in [0.3, 0.4) is 0 Å². The number of anilines is 1. The van der Waals surface area contributed by atoms with Crippen molar-refractivity contribution >= 4 is 17.5 Å². The zero-order valence-electron chi connectivity index (χ0n) is 12.6. The van der Waals surface area contributed by atoms with Crippen molar-refractivity contribution in [2.24, 2.45) is 0 Å². The molecule has 1 aromatic carbocycles. The van der Waals surface area contributed by atoms with Crippen LogP contribution in [-0.2, 0) is 9.59 Å². The number of carbonyl (C=O) groups excluding carboxylic acids is 2. The molecule has 0 heterocycles. The highest BCUT2D eigenvalue weighted by atomic mass is 16.2. The molecule has 0 N–H and O–H groups in total. The predicted molar refractivity (Wildman–Crippen MR) is 82.6 cm³/mol. The molecule has 1 rings (SSSR count). The Hall–Kier alpha value is -1.64. The summed E-state index contributed by atoms with van der Waals surface area (Å²) in [4.78, 5) is 25.1. The van der Waals surface area contributed by atoms with E-state index in [0.717, 1.165) is 12.8 Å². The first kappa shape index (κ1) is 16.4. The molecule has 0 aliphatic rings. The average molecular weight is 275 g/mol. The van der Waals surface area contributed by atoms with Crippen LogP contribution in [0.2, 0.25) is 0 Å². The van der Waals surface area contributed by atoms with Crippen LogP contribution >= 0.6 is 0 Å². The summed E-state index contributed by atoms with van der Waals surface area (Å²) in [6.07, 6.45) is 7.26. The van der Waals surface area contributed by atoms with Crippen LogP contribution in [-0.4, -0.2) is 11.8 Å². The second-order valence-corrected chi connectivity index (χ2v) is 5.10. The number of carbonyl (C=O) groups is 2. The van der Waals surface area contributed by atoms with E-state index < -0.39 is 0 Å². The highest BCUT2D eigenvalue weighted by molar-refractivity contribution is 6.13. The molecule has 2 amide bonds. The number of amides is 2. The minimum Gasteiger partial charge on any atom is -0.274 e. The summed E-state index contributed by atoms with van der Waals surface area (Å²) in [5.41, 5.74) is 0.663. The average Bonchev–Trinajstić information content (AvgIpc) is 2.43. The van der Waals surface area contributed by atoms with Gasteiger partial charge in [-0.05, 0) is 18.6 Å². The smallest absolute Gasteiger partial charge is 0.233 e. The SMILES string of the molecule is CCCCCCCCC(=O)N(C(C)=O)c1ccccc1. The molecule has 110 valence electrons. The highest BCUT2D eigenvalue weighted by Gasteiger charge is 2.18. The second kappa shape index (κ2) is 9.29. The molecule has 3 heteroatoms. The normalized spacial score (nSPS) is 10.3. The molecule has 0 aromatic heterocycles. The summed E-state index contributed by atoms with van der Waals surface area (Å²) in [5, 5.41) is 0. The van der Waals surface area contributed by atoms with Gasteiger partial charge < -0.3 is 0 Å². The summed E-state index contributed by atoms with van der Waals surface area (Å²) < 4.78 is 0. The third-order valence-corrected chi connectivity index (χ3v) is 3.32. The lowest BCUT2D eigenvalue weighted by atomic mass is 10.1. The Bertz CT molecular complexity index is 414. The molecule has 0 bridgehead atoms. The van der Waals surface area contributed by atoms with Gasteiger partial charge in [-0.3, -0.25) is 14.5 Å². The third-order valence-electron chi connectivity index (χ3n) is 3.32. The summed E-state index contributed by atoms with van der Waals surface area (Å²) >= 11 is 0. The number of hydrogen-bond acceptors (Lipinski definition) is 2. The molecule has 0 spiro atoms. The molecule has 20 heavy (non-hydrogen) atoms. The molecule has 0 atom stereocenters. The van der Waals surface area contributed by atoms with Gasteiger partial charge in [0, 0.05) is 13.3 Å². The Balaban J connectivity index is 2.44. The molecule has 0 radical (unpaired) electrons. The molecule has 3 nitrogen and oxygen atoms in total. The van der Waals surface area contributed by atoms with Crippen LogP contribution in [0.25, 0.3) is 0 Å². The largest absolute Gasteiger partial charge is 0.274 e. The van der Waals surface area contributed by atoms with Gasteiger partial charge >= 0.3 is 0 Å². The van der Waals surface area contributed by atoms with E-state index in [2.05, 4.69) is 6.92 Å². The predicted octanol–water partition coefficient (Wildman–Crippen LogP) is 4.32. The van der Waals surface area contributed by atoms with Crippen molar-refractivity contribution in [1.29, 1.82) is 0 Å². The number of para-hydroxylation sites is 1. The van der Waals surface area contributed by atoms with Crippen LogP contribution in [0, 0.1) is 0 Å². The number of hydrogen-bond donors (Lipinski definition) is 0. The van der Waals surface area contributed by atoms with Gasteiger partial charge in [-0.15, -0.1) is 0 Å². The first-order valence-electron chi connectivity index (χ1n) is 7.55. The lowest BCUT2D eigenvalue weighted by molar-refractivity contribution is -0.125. The topological polar surface area (TPSA) is 37.4 Å². The van der Waals surface area contributed by atoms with Crippen LogP contribution in [0.4, 0.5) is 5.69 Å². The quantitative estimate of drug-likeness (QED) is 0.663. The third kappa shape index (κ3) is 5.55. The van der Waals surface area contributed by atoms with E-state index in [-0.39, 0.29) is 11.8 Å². The van der Waals surface area contributed by atoms with Crippen molar-refractivity contribution in [3.63, 3.8) is 0 Å². The van der Waals surface area contributed by atoms with Crippen molar-refractivity contribution < 1.29 is 9.59 Å². The Morgan fingerprint density at radius 3 is 2.15 bits per heavy atom. The fourth-order valence-electron chi connectivity index (χ4n) is 2.25. The lowest BCUT2D eigenvalue weighted by Gasteiger charge is -2.19. The minimum atomic E-state index is -0.216. The summed E-state index contributed by atoms with van der Waals surface area (Å²) in [6.45, 7) is 3.63. The molecule has 1 aromatic rings. The number of benzene rings is 1. The summed E-state index contributed by atoms with van der Waals surface area (Å²) in [6, 6.07) is 9.13. The Kier molecular flexibility index (Phi) is 7.63. The first-order chi connectivity index (χ1) is 9.66. The number of unbranched alkanes of at least 4 members (excludes halogenated alkanes) is 5. The van der Waals surface area contributed by atoms with Crippen LogP contribution < -0.4 is 4.90 Å². The van der Waals surface area contributed by atoms with Crippen LogP contribution in [0.15, 0.2) is 30.3 Å². The van der Waals surface area contributed by atoms with E-state index >= 15 is 0 Å². The maximum absolute atomic E-state index is 12.2. The number of imide groups is 1. The molecule has 0 aliphatic carbocycles. The summed E-state index contributed by atoms with van der Waals surface area (Å²) in [5.74, 6) is -0.314. The molecule has 0 fully saturated rings. The standard InChI is InChI=1S/C17H25NO2/c1-3-4-5-6-7-11-14-17(20)18(15(2)19)16-12-9-8-10-13-16/h8-10,12-13H,3-7,11,14H2,1-2H3. The van der Waals surface area contributed by atoms with Gasteiger partial charge in [0.25, 0.3) is 0 Å². The molecular weight excluding hydrogens is 250 g/mol.